The topological polar surface area (TPSA) is 29.5 Å². The van der Waals surface area contributed by atoms with Gasteiger partial charge < -0.3 is 9.84 Å². The van der Waals surface area contributed by atoms with Gasteiger partial charge in [-0.15, -0.1) is 0 Å². The highest BCUT2D eigenvalue weighted by Gasteiger charge is 2.19. The van der Waals surface area contributed by atoms with Crippen molar-refractivity contribution in [1.82, 2.24) is 0 Å². The molecule has 0 bridgehead atoms. The monoisotopic (exact) mass is 224 g/mol. The molecular weight excluding hydrogens is 207 g/mol. The smallest absolute Gasteiger partial charge is 0.126 e. The Morgan fingerprint density at radius 3 is 2.75 bits per heavy atom. The molecule has 1 saturated heterocycles. The highest BCUT2D eigenvalue weighted by atomic mass is 19.1. The van der Waals surface area contributed by atoms with Crippen molar-refractivity contribution in [3.8, 4) is 0 Å². The average molecular weight is 224 g/mol. The molecule has 0 radical (unpaired) electrons. The summed E-state index contributed by atoms with van der Waals surface area (Å²) in [6, 6.07) is 5.14. The van der Waals surface area contributed by atoms with Crippen LogP contribution in [0.5, 0.6) is 0 Å². The molecule has 2 nitrogen and oxygen atoms in total. The highest BCUT2D eigenvalue weighted by Crippen LogP contribution is 2.29. The van der Waals surface area contributed by atoms with Crippen molar-refractivity contribution in [2.45, 2.75) is 25.2 Å². The second-order valence-electron chi connectivity index (χ2n) is 4.22. The van der Waals surface area contributed by atoms with E-state index in [4.69, 9.17) is 9.84 Å². The number of hydrogen-bond acceptors (Lipinski definition) is 2. The maximum atomic E-state index is 13.7. The Morgan fingerprint density at radius 1 is 1.31 bits per heavy atom. The van der Waals surface area contributed by atoms with Gasteiger partial charge in [-0.1, -0.05) is 12.1 Å². The lowest BCUT2D eigenvalue weighted by molar-refractivity contribution is 0.0846. The average Bonchev–Trinajstić information content (AvgIpc) is 2.33. The maximum absolute atomic E-state index is 13.7. The molecule has 1 aliphatic rings. The lowest BCUT2D eigenvalue weighted by Crippen LogP contribution is -2.15. The van der Waals surface area contributed by atoms with Crippen LogP contribution in [-0.2, 0) is 11.2 Å². The van der Waals surface area contributed by atoms with E-state index >= 15 is 0 Å². The van der Waals surface area contributed by atoms with E-state index in [1.54, 1.807) is 6.07 Å². The minimum Gasteiger partial charge on any atom is -0.396 e. The molecule has 0 spiro atoms. The SMILES string of the molecule is OCCc1ccc(F)c(C2CCOCC2)c1. The second kappa shape index (κ2) is 5.41. The fourth-order valence-corrected chi connectivity index (χ4v) is 2.20. The highest BCUT2D eigenvalue weighted by molar-refractivity contribution is 5.28. The molecule has 0 amide bonds. The van der Waals surface area contributed by atoms with Crippen LogP contribution in [0.15, 0.2) is 18.2 Å². The van der Waals surface area contributed by atoms with Gasteiger partial charge in [0.2, 0.25) is 0 Å². The Hall–Kier alpha value is -0.930. The second-order valence-corrected chi connectivity index (χ2v) is 4.22. The molecule has 1 fully saturated rings. The van der Waals surface area contributed by atoms with E-state index in [0.717, 1.165) is 24.0 Å². The fourth-order valence-electron chi connectivity index (χ4n) is 2.20. The summed E-state index contributed by atoms with van der Waals surface area (Å²) in [5, 5.41) is 8.88. The molecule has 0 unspecified atom stereocenters. The first-order valence-electron chi connectivity index (χ1n) is 5.78. The largest absolute Gasteiger partial charge is 0.396 e. The van der Waals surface area contributed by atoms with Crippen molar-refractivity contribution in [3.63, 3.8) is 0 Å². The van der Waals surface area contributed by atoms with Crippen LogP contribution in [0.4, 0.5) is 4.39 Å². The Bertz CT molecular complexity index is 346. The number of rotatable bonds is 3. The van der Waals surface area contributed by atoms with Crippen LogP contribution in [0.3, 0.4) is 0 Å². The zero-order valence-electron chi connectivity index (χ0n) is 9.29. The van der Waals surface area contributed by atoms with E-state index in [0.29, 0.717) is 19.6 Å². The van der Waals surface area contributed by atoms with Crippen LogP contribution in [0.1, 0.15) is 29.9 Å². The first-order valence-corrected chi connectivity index (χ1v) is 5.78. The summed E-state index contributed by atoms with van der Waals surface area (Å²) < 4.78 is 19.0. The molecular formula is C13H17FO2. The maximum Gasteiger partial charge on any atom is 0.126 e. The number of ether oxygens (including phenoxy) is 1. The molecule has 2 rings (SSSR count). The van der Waals surface area contributed by atoms with Gasteiger partial charge >= 0.3 is 0 Å². The van der Waals surface area contributed by atoms with Gasteiger partial charge in [0.1, 0.15) is 5.82 Å². The normalized spacial score (nSPS) is 17.6. The van der Waals surface area contributed by atoms with Crippen LogP contribution in [0, 0.1) is 5.82 Å². The van der Waals surface area contributed by atoms with E-state index in [1.165, 1.54) is 6.07 Å². The Morgan fingerprint density at radius 2 is 2.06 bits per heavy atom. The first kappa shape index (κ1) is 11.6. The van der Waals surface area contributed by atoms with Gasteiger partial charge in [-0.3, -0.25) is 0 Å². The predicted molar refractivity (Wildman–Crippen MR) is 60.0 cm³/mol. The molecule has 1 aromatic rings. The van der Waals surface area contributed by atoms with Crippen molar-refractivity contribution in [2.24, 2.45) is 0 Å². The quantitative estimate of drug-likeness (QED) is 0.853. The summed E-state index contributed by atoms with van der Waals surface area (Å²) in [4.78, 5) is 0. The van der Waals surface area contributed by atoms with Crippen LogP contribution in [0.2, 0.25) is 0 Å². The van der Waals surface area contributed by atoms with Crippen LogP contribution >= 0.6 is 0 Å². The third-order valence-corrected chi connectivity index (χ3v) is 3.12. The summed E-state index contributed by atoms with van der Waals surface area (Å²) in [5.74, 6) is 0.140. The molecule has 0 aliphatic carbocycles. The van der Waals surface area contributed by atoms with Crippen molar-refractivity contribution in [3.05, 3.63) is 35.1 Å². The molecule has 0 saturated carbocycles. The summed E-state index contributed by atoms with van der Waals surface area (Å²) in [6.07, 6.45) is 2.37. The lowest BCUT2D eigenvalue weighted by Gasteiger charge is -2.23. The van der Waals surface area contributed by atoms with E-state index < -0.39 is 0 Å². The third-order valence-electron chi connectivity index (χ3n) is 3.12. The number of aliphatic hydroxyl groups excluding tert-OH is 1. The first-order chi connectivity index (χ1) is 7.81. The Balaban J connectivity index is 2.19. The van der Waals surface area contributed by atoms with Crippen LogP contribution in [-0.4, -0.2) is 24.9 Å². The van der Waals surface area contributed by atoms with E-state index in [2.05, 4.69) is 0 Å². The van der Waals surface area contributed by atoms with Crippen LogP contribution in [0.25, 0.3) is 0 Å². The molecule has 0 aromatic heterocycles. The van der Waals surface area contributed by atoms with Crippen molar-refractivity contribution in [1.29, 1.82) is 0 Å². The van der Waals surface area contributed by atoms with E-state index in [-0.39, 0.29) is 18.3 Å². The third kappa shape index (κ3) is 2.60. The molecule has 16 heavy (non-hydrogen) atoms. The fraction of sp³-hybridized carbons (Fsp3) is 0.538. The molecule has 88 valence electrons. The van der Waals surface area contributed by atoms with E-state index in [1.807, 2.05) is 6.07 Å². The minimum atomic E-state index is -0.131. The predicted octanol–water partition coefficient (Wildman–Crippen LogP) is 2.25. The van der Waals surface area contributed by atoms with Crippen molar-refractivity contribution >= 4 is 0 Å². The molecule has 0 atom stereocenters. The molecule has 1 aromatic carbocycles. The number of halogens is 1. The summed E-state index contributed by atoms with van der Waals surface area (Å²) in [7, 11) is 0. The van der Waals surface area contributed by atoms with Gasteiger partial charge in [0.15, 0.2) is 0 Å². The van der Waals surface area contributed by atoms with Crippen molar-refractivity contribution < 1.29 is 14.2 Å². The van der Waals surface area contributed by atoms with Crippen molar-refractivity contribution in [2.75, 3.05) is 19.8 Å². The van der Waals surface area contributed by atoms with Gasteiger partial charge in [0.25, 0.3) is 0 Å². The van der Waals surface area contributed by atoms with Crippen LogP contribution < -0.4 is 0 Å². The summed E-state index contributed by atoms with van der Waals surface area (Å²) in [6.45, 7) is 1.54. The molecule has 3 heteroatoms. The standard InChI is InChI=1S/C13H17FO2/c14-13-2-1-10(3-6-15)9-12(13)11-4-7-16-8-5-11/h1-2,9,11,15H,3-8H2. The Kier molecular flexibility index (Phi) is 3.91. The minimum absolute atomic E-state index is 0.110. The zero-order valence-corrected chi connectivity index (χ0v) is 9.29. The molecule has 1 heterocycles. The number of aliphatic hydroxyl groups is 1. The summed E-state index contributed by atoms with van der Waals surface area (Å²) >= 11 is 0. The number of hydrogen-bond donors (Lipinski definition) is 1. The summed E-state index contributed by atoms with van der Waals surface area (Å²) in [5.41, 5.74) is 1.79. The van der Waals surface area contributed by atoms with Gasteiger partial charge in [-0.05, 0) is 42.4 Å². The molecule has 1 N–H and O–H groups in total. The lowest BCUT2D eigenvalue weighted by atomic mass is 9.90. The zero-order chi connectivity index (χ0) is 11.4. The number of benzene rings is 1. The van der Waals surface area contributed by atoms with Gasteiger partial charge in [0, 0.05) is 19.8 Å². The van der Waals surface area contributed by atoms with Gasteiger partial charge in [-0.25, -0.2) is 4.39 Å². The molecule has 1 aliphatic heterocycles. The van der Waals surface area contributed by atoms with Gasteiger partial charge in [-0.2, -0.15) is 0 Å². The van der Waals surface area contributed by atoms with Gasteiger partial charge in [0.05, 0.1) is 0 Å². The Labute approximate surface area is 95.1 Å². The van der Waals surface area contributed by atoms with E-state index in [9.17, 15) is 4.39 Å².